The molecule has 104 valence electrons. The maximum atomic E-state index is 11.4. The van der Waals surface area contributed by atoms with Gasteiger partial charge in [-0.1, -0.05) is 15.9 Å². The molecule has 1 amide bonds. The number of aliphatic hydroxyl groups is 1. The van der Waals surface area contributed by atoms with Gasteiger partial charge in [-0.05, 0) is 24.3 Å². The molecule has 0 saturated heterocycles. The molecule has 1 rings (SSSR count). The summed E-state index contributed by atoms with van der Waals surface area (Å²) in [6.07, 6.45) is 0.0137. The first-order valence-corrected chi connectivity index (χ1v) is 6.33. The second-order valence-corrected chi connectivity index (χ2v) is 4.61. The van der Waals surface area contributed by atoms with E-state index in [2.05, 4.69) is 21.2 Å². The quantitative estimate of drug-likeness (QED) is 0.686. The van der Waals surface area contributed by atoms with Gasteiger partial charge in [-0.25, -0.2) is 4.79 Å². The second-order valence-electron chi connectivity index (χ2n) is 3.69. The minimum absolute atomic E-state index is 0.0137. The Morgan fingerprint density at radius 3 is 2.47 bits per heavy atom. The molecule has 0 aliphatic carbocycles. The Bertz CT molecular complexity index is 434. The number of carbonyl (C=O) groups excluding carboxylic acids is 1. The van der Waals surface area contributed by atoms with Crippen molar-refractivity contribution in [2.24, 2.45) is 0 Å². The van der Waals surface area contributed by atoms with E-state index in [0.29, 0.717) is 5.75 Å². The predicted octanol–water partition coefficient (Wildman–Crippen LogP) is 0.780. The SMILES string of the molecule is O=C(CCOc1ccc(Br)cc1)NC(CO)C(=O)O. The summed E-state index contributed by atoms with van der Waals surface area (Å²) in [5, 5.41) is 19.6. The van der Waals surface area contributed by atoms with Crippen molar-refractivity contribution in [2.45, 2.75) is 12.5 Å². The van der Waals surface area contributed by atoms with E-state index in [4.69, 9.17) is 14.9 Å². The minimum atomic E-state index is -1.28. The first-order valence-electron chi connectivity index (χ1n) is 5.54. The third-order valence-corrected chi connectivity index (χ3v) is 2.76. The number of benzene rings is 1. The summed E-state index contributed by atoms with van der Waals surface area (Å²) >= 11 is 3.29. The normalized spacial score (nSPS) is 11.7. The zero-order valence-corrected chi connectivity index (χ0v) is 11.6. The van der Waals surface area contributed by atoms with Crippen LogP contribution in [0.3, 0.4) is 0 Å². The number of carboxylic acids is 1. The Morgan fingerprint density at radius 2 is 1.95 bits per heavy atom. The van der Waals surface area contributed by atoms with Gasteiger partial charge in [-0.3, -0.25) is 4.79 Å². The summed E-state index contributed by atoms with van der Waals surface area (Å²) in [4.78, 5) is 22.0. The van der Waals surface area contributed by atoms with Crippen molar-refractivity contribution in [3.63, 3.8) is 0 Å². The van der Waals surface area contributed by atoms with Crippen molar-refractivity contribution < 1.29 is 24.5 Å². The van der Waals surface area contributed by atoms with Gasteiger partial charge in [0.2, 0.25) is 5.91 Å². The highest BCUT2D eigenvalue weighted by molar-refractivity contribution is 9.10. The van der Waals surface area contributed by atoms with Crippen LogP contribution in [0.15, 0.2) is 28.7 Å². The molecule has 0 saturated carbocycles. The number of aliphatic carboxylic acids is 1. The third-order valence-electron chi connectivity index (χ3n) is 2.23. The van der Waals surface area contributed by atoms with Gasteiger partial charge in [-0.15, -0.1) is 0 Å². The average Bonchev–Trinajstić information content (AvgIpc) is 2.38. The van der Waals surface area contributed by atoms with Crippen LogP contribution in [0.25, 0.3) is 0 Å². The number of ether oxygens (including phenoxy) is 1. The fourth-order valence-electron chi connectivity index (χ4n) is 1.24. The van der Waals surface area contributed by atoms with Gasteiger partial charge >= 0.3 is 5.97 Å². The molecule has 0 aliphatic heterocycles. The lowest BCUT2D eigenvalue weighted by atomic mass is 10.3. The lowest BCUT2D eigenvalue weighted by Gasteiger charge is -2.11. The van der Waals surface area contributed by atoms with Crippen LogP contribution in [0.4, 0.5) is 0 Å². The Hall–Kier alpha value is -1.60. The van der Waals surface area contributed by atoms with Crippen LogP contribution in [0, 0.1) is 0 Å². The molecule has 6 nitrogen and oxygen atoms in total. The molecule has 3 N–H and O–H groups in total. The summed E-state index contributed by atoms with van der Waals surface area (Å²) in [5.74, 6) is -1.14. The number of rotatable bonds is 7. The molecule has 0 radical (unpaired) electrons. The van der Waals surface area contributed by atoms with E-state index in [9.17, 15) is 9.59 Å². The molecule has 0 aliphatic rings. The molecule has 0 heterocycles. The van der Waals surface area contributed by atoms with Crippen molar-refractivity contribution in [1.29, 1.82) is 0 Å². The maximum Gasteiger partial charge on any atom is 0.328 e. The molecule has 0 bridgehead atoms. The number of carboxylic acid groups (broad SMARTS) is 1. The van der Waals surface area contributed by atoms with Crippen LogP contribution >= 0.6 is 15.9 Å². The third kappa shape index (κ3) is 5.71. The Kier molecular flexibility index (Phi) is 6.31. The van der Waals surface area contributed by atoms with Crippen LogP contribution in [0.5, 0.6) is 5.75 Å². The van der Waals surface area contributed by atoms with Gasteiger partial charge < -0.3 is 20.3 Å². The Morgan fingerprint density at radius 1 is 1.32 bits per heavy atom. The topological polar surface area (TPSA) is 95.9 Å². The second kappa shape index (κ2) is 7.75. The van der Waals surface area contributed by atoms with E-state index in [1.165, 1.54) is 0 Å². The lowest BCUT2D eigenvalue weighted by Crippen LogP contribution is -2.43. The van der Waals surface area contributed by atoms with Gasteiger partial charge in [0, 0.05) is 4.47 Å². The highest BCUT2D eigenvalue weighted by Gasteiger charge is 2.18. The summed E-state index contributed by atoms with van der Waals surface area (Å²) < 4.78 is 6.24. The van der Waals surface area contributed by atoms with E-state index in [1.54, 1.807) is 12.1 Å². The van der Waals surface area contributed by atoms with Crippen molar-refractivity contribution in [2.75, 3.05) is 13.2 Å². The molecule has 0 fully saturated rings. The molecule has 0 aromatic heterocycles. The predicted molar refractivity (Wildman–Crippen MR) is 70.9 cm³/mol. The summed E-state index contributed by atoms with van der Waals surface area (Å²) in [5.41, 5.74) is 0. The van der Waals surface area contributed by atoms with Crippen molar-refractivity contribution in [3.05, 3.63) is 28.7 Å². The number of halogens is 1. The van der Waals surface area contributed by atoms with Gasteiger partial charge in [-0.2, -0.15) is 0 Å². The standard InChI is InChI=1S/C12H14BrNO5/c13-8-1-3-9(4-2-8)19-6-5-11(16)14-10(7-15)12(17)18/h1-4,10,15H,5-7H2,(H,14,16)(H,17,18). The summed E-state index contributed by atoms with van der Waals surface area (Å²) in [6.45, 7) is -0.514. The molecular weight excluding hydrogens is 318 g/mol. The zero-order valence-electron chi connectivity index (χ0n) is 10.0. The van der Waals surface area contributed by atoms with Gasteiger partial charge in [0.1, 0.15) is 11.8 Å². The largest absolute Gasteiger partial charge is 0.493 e. The molecule has 1 unspecified atom stereocenters. The highest BCUT2D eigenvalue weighted by Crippen LogP contribution is 2.16. The minimum Gasteiger partial charge on any atom is -0.493 e. The molecular formula is C12H14BrNO5. The lowest BCUT2D eigenvalue weighted by molar-refractivity contribution is -0.143. The van der Waals surface area contributed by atoms with Crippen LogP contribution in [0.1, 0.15) is 6.42 Å². The van der Waals surface area contributed by atoms with Crippen LogP contribution < -0.4 is 10.1 Å². The van der Waals surface area contributed by atoms with E-state index in [1.807, 2.05) is 12.1 Å². The monoisotopic (exact) mass is 331 g/mol. The number of aliphatic hydroxyl groups excluding tert-OH is 1. The van der Waals surface area contributed by atoms with Crippen molar-refractivity contribution in [3.8, 4) is 5.75 Å². The van der Waals surface area contributed by atoms with Gasteiger partial charge in [0.15, 0.2) is 0 Å². The van der Waals surface area contributed by atoms with Gasteiger partial charge in [0.25, 0.3) is 0 Å². The maximum absolute atomic E-state index is 11.4. The van der Waals surface area contributed by atoms with E-state index >= 15 is 0 Å². The molecule has 1 aromatic rings. The van der Waals surface area contributed by atoms with E-state index < -0.39 is 24.5 Å². The van der Waals surface area contributed by atoms with E-state index in [-0.39, 0.29) is 13.0 Å². The fourth-order valence-corrected chi connectivity index (χ4v) is 1.51. The van der Waals surface area contributed by atoms with Crippen molar-refractivity contribution >= 4 is 27.8 Å². The zero-order chi connectivity index (χ0) is 14.3. The number of carbonyl (C=O) groups is 2. The first-order chi connectivity index (χ1) is 9.02. The van der Waals surface area contributed by atoms with Crippen LogP contribution in [-0.4, -0.2) is 41.3 Å². The van der Waals surface area contributed by atoms with E-state index in [0.717, 1.165) is 4.47 Å². The molecule has 7 heteroatoms. The first kappa shape index (κ1) is 15.5. The highest BCUT2D eigenvalue weighted by atomic mass is 79.9. The Labute approximate surface area is 118 Å². The molecule has 1 aromatic carbocycles. The fraction of sp³-hybridized carbons (Fsp3) is 0.333. The van der Waals surface area contributed by atoms with Crippen LogP contribution in [-0.2, 0) is 9.59 Å². The van der Waals surface area contributed by atoms with Gasteiger partial charge in [0.05, 0.1) is 19.6 Å². The Balaban J connectivity index is 2.30. The summed E-state index contributed by atoms with van der Waals surface area (Å²) in [7, 11) is 0. The number of nitrogens with one attached hydrogen (secondary N) is 1. The van der Waals surface area contributed by atoms with Crippen LogP contribution in [0.2, 0.25) is 0 Å². The molecule has 1 atom stereocenters. The average molecular weight is 332 g/mol. The molecule has 19 heavy (non-hydrogen) atoms. The number of hydrogen-bond donors (Lipinski definition) is 3. The smallest absolute Gasteiger partial charge is 0.328 e. The molecule has 0 spiro atoms. The summed E-state index contributed by atoms with van der Waals surface area (Å²) in [6, 6.07) is 5.83. The van der Waals surface area contributed by atoms with Crippen molar-refractivity contribution in [1.82, 2.24) is 5.32 Å². The number of amides is 1. The number of hydrogen-bond acceptors (Lipinski definition) is 4.